The van der Waals surface area contributed by atoms with Gasteiger partial charge in [0.15, 0.2) is 0 Å². The van der Waals surface area contributed by atoms with E-state index in [0.717, 1.165) is 11.3 Å². The minimum atomic E-state index is -0.351. The van der Waals surface area contributed by atoms with Gasteiger partial charge in [-0.2, -0.15) is 0 Å². The van der Waals surface area contributed by atoms with E-state index in [-0.39, 0.29) is 11.8 Å². The van der Waals surface area contributed by atoms with Gasteiger partial charge in [-0.05, 0) is 49.7 Å². The lowest BCUT2D eigenvalue weighted by Gasteiger charge is -2.11. The van der Waals surface area contributed by atoms with Crippen molar-refractivity contribution in [3.05, 3.63) is 59.4 Å². The van der Waals surface area contributed by atoms with Crippen molar-refractivity contribution in [2.45, 2.75) is 13.8 Å². The first-order valence-corrected chi connectivity index (χ1v) is 7.05. The predicted molar refractivity (Wildman–Crippen MR) is 84.8 cm³/mol. The summed E-state index contributed by atoms with van der Waals surface area (Å²) in [6.45, 7) is 4.76. The molecule has 0 unspecified atom stereocenters. The number of urea groups is 1. The zero-order valence-electron chi connectivity index (χ0n) is 12.7. The molecule has 0 atom stereocenters. The minimum absolute atomic E-state index is 0.340. The summed E-state index contributed by atoms with van der Waals surface area (Å²) in [4.78, 5) is 11.6. The van der Waals surface area contributed by atoms with E-state index in [9.17, 15) is 9.18 Å². The van der Waals surface area contributed by atoms with Crippen LogP contribution in [0.2, 0.25) is 0 Å². The Balaban J connectivity index is 1.72. The number of hydrogen-bond donors (Lipinski definition) is 2. The van der Waals surface area contributed by atoms with Gasteiger partial charge >= 0.3 is 6.03 Å². The van der Waals surface area contributed by atoms with Gasteiger partial charge in [0.25, 0.3) is 0 Å². The van der Waals surface area contributed by atoms with E-state index in [1.54, 1.807) is 0 Å². The number of carbonyl (C=O) groups excluding carboxylic acids is 1. The molecule has 0 aliphatic heterocycles. The van der Waals surface area contributed by atoms with E-state index in [4.69, 9.17) is 4.74 Å². The second-order valence-corrected chi connectivity index (χ2v) is 5.01. The summed E-state index contributed by atoms with van der Waals surface area (Å²) in [5.74, 6) is 0.471. The number of nitrogens with one attached hydrogen (secondary N) is 2. The van der Waals surface area contributed by atoms with Gasteiger partial charge in [0.1, 0.15) is 18.2 Å². The minimum Gasteiger partial charge on any atom is -0.491 e. The second kappa shape index (κ2) is 7.45. The molecule has 0 bridgehead atoms. The Morgan fingerprint density at radius 3 is 2.55 bits per heavy atom. The van der Waals surface area contributed by atoms with Crippen LogP contribution in [0.4, 0.5) is 14.9 Å². The van der Waals surface area contributed by atoms with Crippen LogP contribution in [0.15, 0.2) is 42.5 Å². The fourth-order valence-electron chi connectivity index (χ4n) is 2.00. The Morgan fingerprint density at radius 2 is 1.86 bits per heavy atom. The molecule has 2 aromatic rings. The van der Waals surface area contributed by atoms with Crippen LogP contribution < -0.4 is 15.4 Å². The van der Waals surface area contributed by atoms with Gasteiger partial charge in [0, 0.05) is 5.69 Å². The molecule has 4 nitrogen and oxygen atoms in total. The maximum absolute atomic E-state index is 12.7. The summed E-state index contributed by atoms with van der Waals surface area (Å²) in [6.07, 6.45) is 0. The van der Waals surface area contributed by atoms with E-state index >= 15 is 0 Å². The number of ether oxygens (including phenoxy) is 1. The summed E-state index contributed by atoms with van der Waals surface area (Å²) in [7, 11) is 0. The van der Waals surface area contributed by atoms with Crippen LogP contribution in [0.3, 0.4) is 0 Å². The van der Waals surface area contributed by atoms with Gasteiger partial charge in [-0.25, -0.2) is 9.18 Å². The highest BCUT2D eigenvalue weighted by Gasteiger charge is 2.02. The lowest BCUT2D eigenvalue weighted by molar-refractivity contribution is 0.247. The summed E-state index contributed by atoms with van der Waals surface area (Å²) in [5.41, 5.74) is 2.78. The number of hydrogen-bond acceptors (Lipinski definition) is 2. The standard InChI is InChI=1S/C17H19FN2O2/c1-12-3-8-16(13(2)11-12)22-10-9-19-17(21)20-15-6-4-14(18)5-7-15/h3-8,11H,9-10H2,1-2H3,(H2,19,20,21). The number of amides is 2. The molecule has 2 rings (SSSR count). The van der Waals surface area contributed by atoms with Gasteiger partial charge in [0.05, 0.1) is 6.54 Å². The Morgan fingerprint density at radius 1 is 1.14 bits per heavy atom. The number of anilines is 1. The number of aryl methyl sites for hydroxylation is 2. The third-order valence-corrected chi connectivity index (χ3v) is 3.08. The van der Waals surface area contributed by atoms with E-state index in [1.165, 1.54) is 29.8 Å². The average Bonchev–Trinajstić information content (AvgIpc) is 2.48. The molecule has 5 heteroatoms. The van der Waals surface area contributed by atoms with E-state index < -0.39 is 0 Å². The fourth-order valence-corrected chi connectivity index (χ4v) is 2.00. The van der Waals surface area contributed by atoms with Crippen molar-refractivity contribution in [3.8, 4) is 5.75 Å². The monoisotopic (exact) mass is 302 g/mol. The van der Waals surface area contributed by atoms with Gasteiger partial charge < -0.3 is 15.4 Å². The van der Waals surface area contributed by atoms with Crippen molar-refractivity contribution < 1.29 is 13.9 Å². The van der Waals surface area contributed by atoms with E-state index in [2.05, 4.69) is 10.6 Å². The Hall–Kier alpha value is -2.56. The van der Waals surface area contributed by atoms with Crippen molar-refractivity contribution in [3.63, 3.8) is 0 Å². The molecule has 0 heterocycles. The SMILES string of the molecule is Cc1ccc(OCCNC(=O)Nc2ccc(F)cc2)c(C)c1. The first-order chi connectivity index (χ1) is 10.5. The van der Waals surface area contributed by atoms with Crippen molar-refractivity contribution in [1.29, 1.82) is 0 Å². The third kappa shape index (κ3) is 4.77. The van der Waals surface area contributed by atoms with Crippen LogP contribution in [0, 0.1) is 19.7 Å². The van der Waals surface area contributed by atoms with E-state index in [1.807, 2.05) is 32.0 Å². The highest BCUT2D eigenvalue weighted by atomic mass is 19.1. The van der Waals surface area contributed by atoms with Crippen LogP contribution in [0.5, 0.6) is 5.75 Å². The lowest BCUT2D eigenvalue weighted by Crippen LogP contribution is -2.32. The molecule has 0 aliphatic rings. The normalized spacial score (nSPS) is 10.1. The van der Waals surface area contributed by atoms with Crippen molar-refractivity contribution in [1.82, 2.24) is 5.32 Å². The van der Waals surface area contributed by atoms with E-state index in [0.29, 0.717) is 18.8 Å². The highest BCUT2D eigenvalue weighted by Crippen LogP contribution is 2.18. The molecule has 0 radical (unpaired) electrons. The number of halogens is 1. The molecule has 0 aliphatic carbocycles. The molecule has 2 amide bonds. The Bertz CT molecular complexity index is 642. The van der Waals surface area contributed by atoms with Gasteiger partial charge in [-0.3, -0.25) is 0 Å². The van der Waals surface area contributed by atoms with Crippen molar-refractivity contribution >= 4 is 11.7 Å². The number of rotatable bonds is 5. The third-order valence-electron chi connectivity index (χ3n) is 3.08. The summed E-state index contributed by atoms with van der Waals surface area (Å²) in [5, 5.41) is 5.29. The van der Waals surface area contributed by atoms with Gasteiger partial charge in [0.2, 0.25) is 0 Å². The van der Waals surface area contributed by atoms with Gasteiger partial charge in [-0.1, -0.05) is 17.7 Å². The largest absolute Gasteiger partial charge is 0.491 e. The molecule has 2 N–H and O–H groups in total. The van der Waals surface area contributed by atoms with Crippen molar-refractivity contribution in [2.75, 3.05) is 18.5 Å². The van der Waals surface area contributed by atoms with Crippen LogP contribution >= 0.6 is 0 Å². The molecule has 0 fully saturated rings. The molecule has 2 aromatic carbocycles. The Kier molecular flexibility index (Phi) is 5.36. The van der Waals surface area contributed by atoms with Gasteiger partial charge in [-0.15, -0.1) is 0 Å². The van der Waals surface area contributed by atoms with Crippen LogP contribution in [-0.2, 0) is 0 Å². The Labute approximate surface area is 129 Å². The fraction of sp³-hybridized carbons (Fsp3) is 0.235. The molecule has 0 saturated heterocycles. The number of carbonyl (C=O) groups is 1. The zero-order chi connectivity index (χ0) is 15.9. The first-order valence-electron chi connectivity index (χ1n) is 7.05. The summed E-state index contributed by atoms with van der Waals surface area (Å²) < 4.78 is 18.4. The molecule has 22 heavy (non-hydrogen) atoms. The lowest BCUT2D eigenvalue weighted by atomic mass is 10.1. The van der Waals surface area contributed by atoms with Crippen LogP contribution in [-0.4, -0.2) is 19.2 Å². The smallest absolute Gasteiger partial charge is 0.319 e. The molecular formula is C17H19FN2O2. The average molecular weight is 302 g/mol. The maximum atomic E-state index is 12.7. The highest BCUT2D eigenvalue weighted by molar-refractivity contribution is 5.89. The second-order valence-electron chi connectivity index (χ2n) is 5.01. The molecular weight excluding hydrogens is 283 g/mol. The maximum Gasteiger partial charge on any atom is 0.319 e. The predicted octanol–water partition coefficient (Wildman–Crippen LogP) is 3.64. The molecule has 0 saturated carbocycles. The number of benzene rings is 2. The quantitative estimate of drug-likeness (QED) is 0.828. The summed E-state index contributed by atoms with van der Waals surface area (Å²) >= 11 is 0. The topological polar surface area (TPSA) is 50.4 Å². The summed E-state index contributed by atoms with van der Waals surface area (Å²) in [6, 6.07) is 11.2. The van der Waals surface area contributed by atoms with Crippen molar-refractivity contribution in [2.24, 2.45) is 0 Å². The van der Waals surface area contributed by atoms with Crippen LogP contribution in [0.25, 0.3) is 0 Å². The first kappa shape index (κ1) is 15.8. The zero-order valence-corrected chi connectivity index (χ0v) is 12.7. The molecule has 0 spiro atoms. The molecule has 116 valence electrons. The van der Waals surface area contributed by atoms with Crippen LogP contribution in [0.1, 0.15) is 11.1 Å². The molecule has 0 aromatic heterocycles.